The van der Waals surface area contributed by atoms with Crippen molar-refractivity contribution in [3.63, 3.8) is 0 Å². The molecule has 0 aliphatic carbocycles. The first-order valence-corrected chi connectivity index (χ1v) is 10.9. The second-order valence-corrected chi connectivity index (χ2v) is 7.62. The summed E-state index contributed by atoms with van der Waals surface area (Å²) in [6.07, 6.45) is 3.60. The Morgan fingerprint density at radius 1 is 0.829 bits per heavy atom. The van der Waals surface area contributed by atoms with Gasteiger partial charge >= 0.3 is 0 Å². The van der Waals surface area contributed by atoms with Crippen LogP contribution in [0.2, 0.25) is 0 Å². The van der Waals surface area contributed by atoms with Crippen LogP contribution in [0.1, 0.15) is 5.56 Å². The van der Waals surface area contributed by atoms with Gasteiger partial charge in [0.1, 0.15) is 5.82 Å². The molecule has 4 rings (SSSR count). The Morgan fingerprint density at radius 3 is 2.26 bits per heavy atom. The van der Waals surface area contributed by atoms with E-state index in [0.717, 1.165) is 11.1 Å². The summed E-state index contributed by atoms with van der Waals surface area (Å²) in [5, 5.41) is 6.18. The van der Waals surface area contributed by atoms with E-state index < -0.39 is 0 Å². The molecule has 2 N–H and O–H groups in total. The first kappa shape index (κ1) is 23.6. The third-order valence-electron chi connectivity index (χ3n) is 5.22. The van der Waals surface area contributed by atoms with Crippen LogP contribution >= 0.6 is 0 Å². The largest absolute Gasteiger partial charge is 0.493 e. The first-order chi connectivity index (χ1) is 17.1. The molecule has 3 aromatic carbocycles. The minimum absolute atomic E-state index is 0.0859. The topological polar surface area (TPSA) is 94.6 Å². The molecule has 0 spiro atoms. The minimum Gasteiger partial charge on any atom is -0.493 e. The third-order valence-corrected chi connectivity index (χ3v) is 5.22. The lowest BCUT2D eigenvalue weighted by atomic mass is 10.1. The van der Waals surface area contributed by atoms with E-state index in [4.69, 9.17) is 14.2 Å². The predicted molar refractivity (Wildman–Crippen MR) is 136 cm³/mol. The van der Waals surface area contributed by atoms with Crippen LogP contribution in [0, 0.1) is 0 Å². The van der Waals surface area contributed by atoms with Crippen LogP contribution in [0.3, 0.4) is 0 Å². The molecular weight excluding hydrogens is 444 g/mol. The normalized spacial score (nSPS) is 10.4. The first-order valence-electron chi connectivity index (χ1n) is 10.9. The average molecular weight is 471 g/mol. The third kappa shape index (κ3) is 5.86. The molecule has 1 aromatic heterocycles. The quantitative estimate of drug-likeness (QED) is 0.352. The van der Waals surface area contributed by atoms with Crippen LogP contribution in [0.15, 0.2) is 79.1 Å². The minimum atomic E-state index is -0.0859. The molecule has 178 valence electrons. The van der Waals surface area contributed by atoms with Crippen molar-refractivity contribution in [2.45, 2.75) is 6.42 Å². The van der Waals surface area contributed by atoms with Crippen LogP contribution in [0.4, 0.5) is 17.2 Å². The highest BCUT2D eigenvalue weighted by Gasteiger charge is 2.14. The highest BCUT2D eigenvalue weighted by Crippen LogP contribution is 2.40. The zero-order valence-corrected chi connectivity index (χ0v) is 19.7. The summed E-state index contributed by atoms with van der Waals surface area (Å²) in [6, 6.07) is 20.7. The van der Waals surface area contributed by atoms with E-state index in [9.17, 15) is 4.79 Å². The van der Waals surface area contributed by atoms with Crippen LogP contribution < -0.4 is 24.8 Å². The molecule has 4 aromatic rings. The number of nitrogens with one attached hydrogen (secondary N) is 2. The van der Waals surface area contributed by atoms with E-state index in [2.05, 4.69) is 20.6 Å². The van der Waals surface area contributed by atoms with Gasteiger partial charge in [0, 0.05) is 29.1 Å². The Morgan fingerprint density at radius 2 is 1.57 bits per heavy atom. The highest BCUT2D eigenvalue weighted by atomic mass is 16.5. The molecule has 0 saturated heterocycles. The number of hydrogen-bond donors (Lipinski definition) is 2. The lowest BCUT2D eigenvalue weighted by molar-refractivity contribution is -0.115. The van der Waals surface area contributed by atoms with E-state index in [1.54, 1.807) is 45.9 Å². The molecule has 0 fully saturated rings. The predicted octanol–water partition coefficient (Wildman–Crippen LogP) is 5.09. The van der Waals surface area contributed by atoms with Gasteiger partial charge in [-0.05, 0) is 17.7 Å². The second-order valence-electron chi connectivity index (χ2n) is 7.62. The maximum absolute atomic E-state index is 12.5. The fourth-order valence-corrected chi connectivity index (χ4v) is 3.61. The zero-order valence-electron chi connectivity index (χ0n) is 19.7. The molecule has 0 unspecified atom stereocenters. The number of amides is 1. The lowest BCUT2D eigenvalue weighted by Gasteiger charge is -2.15. The molecule has 0 radical (unpaired) electrons. The van der Waals surface area contributed by atoms with E-state index >= 15 is 0 Å². The Kier molecular flexibility index (Phi) is 7.42. The standard InChI is InChI=1S/C27H26N4O4/c1-33-23-14-21(15-24(34-2)27(23)35-3)29-25-17-28-16-22(31-25)19-10-7-11-20(13-19)30-26(32)12-18-8-5-4-6-9-18/h4-11,13-17H,12H2,1-3H3,(H,29,31)(H,30,32). The average Bonchev–Trinajstić information content (AvgIpc) is 2.89. The molecule has 0 aliphatic rings. The number of hydrogen-bond acceptors (Lipinski definition) is 7. The van der Waals surface area contributed by atoms with E-state index in [0.29, 0.717) is 46.6 Å². The van der Waals surface area contributed by atoms with E-state index in [1.807, 2.05) is 54.6 Å². The van der Waals surface area contributed by atoms with Crippen molar-refractivity contribution < 1.29 is 19.0 Å². The van der Waals surface area contributed by atoms with Gasteiger partial charge in [0.05, 0.1) is 45.8 Å². The highest BCUT2D eigenvalue weighted by molar-refractivity contribution is 5.92. The zero-order chi connectivity index (χ0) is 24.6. The van der Waals surface area contributed by atoms with E-state index in [1.165, 1.54) is 0 Å². The van der Waals surface area contributed by atoms with Crippen molar-refractivity contribution in [3.05, 3.63) is 84.7 Å². The van der Waals surface area contributed by atoms with Crippen LogP contribution in [0.5, 0.6) is 17.2 Å². The molecule has 0 bridgehead atoms. The fraction of sp³-hybridized carbons (Fsp3) is 0.148. The van der Waals surface area contributed by atoms with Gasteiger partial charge in [-0.2, -0.15) is 0 Å². The van der Waals surface area contributed by atoms with Crippen molar-refractivity contribution in [1.82, 2.24) is 9.97 Å². The summed E-state index contributed by atoms with van der Waals surface area (Å²) >= 11 is 0. The Labute approximate surface area is 203 Å². The SMILES string of the molecule is COc1cc(Nc2cncc(-c3cccc(NC(=O)Cc4ccccc4)c3)n2)cc(OC)c1OC. The van der Waals surface area contributed by atoms with Crippen molar-refractivity contribution in [3.8, 4) is 28.5 Å². The van der Waals surface area contributed by atoms with Crippen molar-refractivity contribution in [2.24, 2.45) is 0 Å². The summed E-state index contributed by atoms with van der Waals surface area (Å²) < 4.78 is 16.2. The molecule has 8 heteroatoms. The van der Waals surface area contributed by atoms with Crippen LogP contribution in [-0.2, 0) is 11.2 Å². The molecular formula is C27H26N4O4. The fourth-order valence-electron chi connectivity index (χ4n) is 3.61. The molecule has 35 heavy (non-hydrogen) atoms. The van der Waals surface area contributed by atoms with Gasteiger partial charge in [-0.15, -0.1) is 0 Å². The molecule has 0 atom stereocenters. The summed E-state index contributed by atoms with van der Waals surface area (Å²) in [6.45, 7) is 0. The number of carbonyl (C=O) groups is 1. The number of anilines is 3. The number of rotatable bonds is 9. The van der Waals surface area contributed by atoms with Crippen molar-refractivity contribution >= 4 is 23.1 Å². The van der Waals surface area contributed by atoms with Gasteiger partial charge < -0.3 is 24.8 Å². The Balaban J connectivity index is 1.52. The monoisotopic (exact) mass is 470 g/mol. The summed E-state index contributed by atoms with van der Waals surface area (Å²) in [7, 11) is 4.68. The maximum Gasteiger partial charge on any atom is 0.228 e. The number of carbonyl (C=O) groups excluding carboxylic acids is 1. The van der Waals surface area contributed by atoms with Gasteiger partial charge in [0.15, 0.2) is 11.5 Å². The van der Waals surface area contributed by atoms with Crippen LogP contribution in [-0.4, -0.2) is 37.2 Å². The molecule has 1 heterocycles. The maximum atomic E-state index is 12.5. The summed E-state index contributed by atoms with van der Waals surface area (Å²) in [4.78, 5) is 21.5. The van der Waals surface area contributed by atoms with Crippen molar-refractivity contribution in [1.29, 1.82) is 0 Å². The Hall–Kier alpha value is -4.59. The van der Waals surface area contributed by atoms with Crippen molar-refractivity contribution in [2.75, 3.05) is 32.0 Å². The van der Waals surface area contributed by atoms with Gasteiger partial charge in [0.2, 0.25) is 11.7 Å². The number of ether oxygens (including phenoxy) is 3. The molecule has 0 aliphatic heterocycles. The summed E-state index contributed by atoms with van der Waals surface area (Å²) in [5.41, 5.74) is 3.82. The second kappa shape index (κ2) is 11.0. The van der Waals surface area contributed by atoms with E-state index in [-0.39, 0.29) is 5.91 Å². The molecule has 8 nitrogen and oxygen atoms in total. The number of benzene rings is 3. The van der Waals surface area contributed by atoms with Gasteiger partial charge in [-0.3, -0.25) is 9.78 Å². The number of methoxy groups -OCH3 is 3. The van der Waals surface area contributed by atoms with Gasteiger partial charge in [0.25, 0.3) is 0 Å². The molecule has 0 saturated carbocycles. The summed E-state index contributed by atoms with van der Waals surface area (Å²) in [5.74, 6) is 2.01. The molecule has 1 amide bonds. The smallest absolute Gasteiger partial charge is 0.228 e. The Bertz CT molecular complexity index is 1290. The lowest BCUT2D eigenvalue weighted by Crippen LogP contribution is -2.14. The number of nitrogens with zero attached hydrogens (tertiary/aromatic N) is 2. The van der Waals surface area contributed by atoms with Crippen LogP contribution in [0.25, 0.3) is 11.3 Å². The number of aromatic nitrogens is 2. The van der Waals surface area contributed by atoms with Gasteiger partial charge in [-0.25, -0.2) is 4.98 Å². The van der Waals surface area contributed by atoms with Gasteiger partial charge in [-0.1, -0.05) is 42.5 Å².